The zero-order valence-corrected chi connectivity index (χ0v) is 44.1. The van der Waals surface area contributed by atoms with Gasteiger partial charge in [-0.05, 0) is 143 Å². The topological polar surface area (TPSA) is 9.72 Å². The van der Waals surface area contributed by atoms with Crippen LogP contribution in [0.15, 0.2) is 152 Å². The summed E-state index contributed by atoms with van der Waals surface area (Å²) in [6.07, 6.45) is 4.86. The van der Waals surface area contributed by atoms with Gasteiger partial charge in [-0.1, -0.05) is 146 Å². The van der Waals surface area contributed by atoms with Gasteiger partial charge in [0.05, 0.1) is 15.9 Å². The molecule has 5 heterocycles. The second-order valence-electron chi connectivity index (χ2n) is 23.7. The van der Waals surface area contributed by atoms with Crippen molar-refractivity contribution in [3.8, 4) is 0 Å². The van der Waals surface area contributed by atoms with Crippen molar-refractivity contribution in [1.82, 2.24) is 0 Å². The lowest BCUT2D eigenvalue weighted by molar-refractivity contribution is 0.195. The lowest BCUT2D eigenvalue weighted by Gasteiger charge is -2.50. The Bertz CT molecular complexity index is 3900. The number of nitrogens with zero attached hydrogens (tertiary/aromatic N) is 3. The van der Waals surface area contributed by atoms with E-state index >= 15 is 0 Å². The highest BCUT2D eigenvalue weighted by molar-refractivity contribution is 7.26. The molecule has 10 aromatic rings. The minimum absolute atomic E-state index is 0.0200. The van der Waals surface area contributed by atoms with E-state index in [4.69, 9.17) is 0 Å². The third-order valence-electron chi connectivity index (χ3n) is 17.5. The summed E-state index contributed by atoms with van der Waals surface area (Å²) >= 11 is 3.83. The van der Waals surface area contributed by atoms with Crippen LogP contribution in [-0.2, 0) is 16.2 Å². The lowest BCUT2D eigenvalue weighted by Crippen LogP contribution is -2.61. The van der Waals surface area contributed by atoms with Crippen molar-refractivity contribution in [1.29, 1.82) is 0 Å². The Labute approximate surface area is 427 Å². The molecular weight excluding hydrogens is 898 g/mol. The van der Waals surface area contributed by atoms with E-state index in [1.807, 2.05) is 22.7 Å². The van der Waals surface area contributed by atoms with E-state index in [-0.39, 0.29) is 28.5 Å². The predicted molar refractivity (Wildman–Crippen MR) is 311 cm³/mol. The molecule has 6 heteroatoms. The first kappa shape index (κ1) is 43.5. The molecular formula is C65H60BN3S2. The van der Waals surface area contributed by atoms with Gasteiger partial charge in [-0.15, -0.1) is 22.7 Å². The number of fused-ring (bicyclic) bond motifs is 13. The van der Waals surface area contributed by atoms with E-state index in [1.54, 1.807) is 0 Å². The SMILES string of the molecule is Cc1cc2c3c(c1)N(c1cccc4c1sc1ccccc14)c1cc(N4c5ccc(C(C)(C)C)cc5C5(C)CCCCC45C)ccc1B3c1ccc(C(C)(C)C)cc1N2c1ccc2c(c1)sc1ccccc12. The number of hydrogen-bond donors (Lipinski definition) is 0. The van der Waals surface area contributed by atoms with Crippen LogP contribution in [0.1, 0.15) is 103 Å². The van der Waals surface area contributed by atoms with Crippen LogP contribution < -0.4 is 31.1 Å². The van der Waals surface area contributed by atoms with Crippen LogP contribution in [0.5, 0.6) is 0 Å². The Morgan fingerprint density at radius 3 is 1.85 bits per heavy atom. The van der Waals surface area contributed by atoms with Crippen LogP contribution in [0.25, 0.3) is 40.3 Å². The summed E-state index contributed by atoms with van der Waals surface area (Å²) < 4.78 is 5.30. The molecule has 0 radical (unpaired) electrons. The fourth-order valence-electron chi connectivity index (χ4n) is 13.6. The van der Waals surface area contributed by atoms with E-state index in [0.29, 0.717) is 0 Å². The van der Waals surface area contributed by atoms with Crippen molar-refractivity contribution in [2.45, 2.75) is 110 Å². The van der Waals surface area contributed by atoms with E-state index in [1.165, 1.54) is 144 Å². The molecule has 1 saturated carbocycles. The molecule has 2 unspecified atom stereocenters. The summed E-state index contributed by atoms with van der Waals surface area (Å²) in [7, 11) is 0. The van der Waals surface area contributed by atoms with Crippen molar-refractivity contribution in [3.63, 3.8) is 0 Å². The molecule has 2 atom stereocenters. The van der Waals surface area contributed by atoms with Crippen LogP contribution in [0.2, 0.25) is 0 Å². The number of rotatable bonds is 3. The van der Waals surface area contributed by atoms with E-state index in [9.17, 15) is 0 Å². The van der Waals surface area contributed by atoms with Gasteiger partial charge in [0.2, 0.25) is 0 Å². The summed E-state index contributed by atoms with van der Waals surface area (Å²) in [5.74, 6) is 0. The second kappa shape index (κ2) is 14.9. The molecule has 0 N–H and O–H groups in total. The molecule has 71 heavy (non-hydrogen) atoms. The van der Waals surface area contributed by atoms with Crippen LogP contribution >= 0.6 is 22.7 Å². The number of aryl methyl sites for hydroxylation is 1. The molecule has 1 aliphatic carbocycles. The van der Waals surface area contributed by atoms with Gasteiger partial charge in [-0.25, -0.2) is 0 Å². The average Bonchev–Trinajstić information content (AvgIpc) is 3.98. The molecule has 350 valence electrons. The van der Waals surface area contributed by atoms with E-state index in [0.717, 1.165) is 6.42 Å². The molecule has 0 spiro atoms. The first-order valence-corrected chi connectivity index (χ1v) is 27.5. The maximum atomic E-state index is 2.79. The Morgan fingerprint density at radius 1 is 0.479 bits per heavy atom. The van der Waals surface area contributed by atoms with Gasteiger partial charge in [0.25, 0.3) is 6.71 Å². The highest BCUT2D eigenvalue weighted by Gasteiger charge is 2.58. The third-order valence-corrected chi connectivity index (χ3v) is 19.9. The van der Waals surface area contributed by atoms with Gasteiger partial charge < -0.3 is 14.7 Å². The minimum Gasteiger partial charge on any atom is -0.334 e. The standard InChI is InChI=1S/C65H60BN3S2/c1-39-33-55-60-56(34-39)68(52-20-16-19-47-45-18-11-13-22-58(45)71-61(47)52)54-37-43(69-51-30-24-40(62(2,3)4)35-48(51)64(8)31-14-15-32-65(64,69)9)26-29-50(54)66(60)49-28-23-41(63(5,6)7)36-53(49)67(55)42-25-27-46-44-17-10-12-21-57(44)70-59(46)38-42/h10-13,16-30,33-38H,14-15,31-32H2,1-9H3. The monoisotopic (exact) mass is 957 g/mol. The maximum Gasteiger partial charge on any atom is 0.252 e. The van der Waals surface area contributed by atoms with Gasteiger partial charge in [0.1, 0.15) is 0 Å². The predicted octanol–water partition coefficient (Wildman–Crippen LogP) is 17.2. The highest BCUT2D eigenvalue weighted by atomic mass is 32.1. The van der Waals surface area contributed by atoms with Gasteiger partial charge in [0, 0.05) is 80.9 Å². The zero-order chi connectivity index (χ0) is 48.5. The zero-order valence-electron chi connectivity index (χ0n) is 42.5. The fourth-order valence-corrected chi connectivity index (χ4v) is 16.0. The van der Waals surface area contributed by atoms with Crippen LogP contribution in [0, 0.1) is 6.92 Å². The molecule has 1 fully saturated rings. The smallest absolute Gasteiger partial charge is 0.252 e. The summed E-state index contributed by atoms with van der Waals surface area (Å²) in [4.78, 5) is 8.09. The molecule has 4 aliphatic rings. The largest absolute Gasteiger partial charge is 0.334 e. The van der Waals surface area contributed by atoms with Crippen molar-refractivity contribution >= 4 is 132 Å². The van der Waals surface area contributed by atoms with Gasteiger partial charge in [-0.3, -0.25) is 0 Å². The van der Waals surface area contributed by atoms with Crippen molar-refractivity contribution < 1.29 is 0 Å². The summed E-state index contributed by atoms with van der Waals surface area (Å²) in [6, 6.07) is 59.6. The van der Waals surface area contributed by atoms with Crippen LogP contribution in [-0.4, -0.2) is 12.3 Å². The molecule has 3 aliphatic heterocycles. The molecule has 14 rings (SSSR count). The minimum atomic E-state index is -0.0816. The van der Waals surface area contributed by atoms with E-state index in [2.05, 4.69) is 229 Å². The number of benzene rings is 8. The molecule has 0 bridgehead atoms. The number of hydrogen-bond acceptors (Lipinski definition) is 5. The molecule has 0 saturated heterocycles. The number of thiophene rings is 2. The highest BCUT2D eigenvalue weighted by Crippen LogP contribution is 2.62. The summed E-state index contributed by atoms with van der Waals surface area (Å²) in [5.41, 5.74) is 19.8. The first-order valence-electron chi connectivity index (χ1n) is 25.9. The fraction of sp³-hybridized carbons (Fsp3) is 0.262. The van der Waals surface area contributed by atoms with Gasteiger partial charge >= 0.3 is 0 Å². The second-order valence-corrected chi connectivity index (χ2v) is 25.9. The molecule has 3 nitrogen and oxygen atoms in total. The van der Waals surface area contributed by atoms with Crippen LogP contribution in [0.4, 0.5) is 45.5 Å². The number of anilines is 8. The summed E-state index contributed by atoms with van der Waals surface area (Å²) in [5, 5.41) is 5.29. The summed E-state index contributed by atoms with van der Waals surface area (Å²) in [6.45, 7) is 21.6. The third kappa shape index (κ3) is 6.07. The average molecular weight is 958 g/mol. The van der Waals surface area contributed by atoms with E-state index < -0.39 is 0 Å². The molecule has 0 amide bonds. The molecule has 8 aromatic carbocycles. The normalized spacial score (nSPS) is 19.4. The first-order chi connectivity index (χ1) is 34.1. The van der Waals surface area contributed by atoms with Gasteiger partial charge in [-0.2, -0.15) is 0 Å². The maximum absolute atomic E-state index is 2.79. The Hall–Kier alpha value is -6.34. The Kier molecular flexibility index (Phi) is 9.10. The lowest BCUT2D eigenvalue weighted by atomic mass is 9.33. The van der Waals surface area contributed by atoms with Gasteiger partial charge in [0.15, 0.2) is 0 Å². The van der Waals surface area contributed by atoms with Crippen LogP contribution in [0.3, 0.4) is 0 Å². The Balaban J connectivity index is 1.06. The Morgan fingerprint density at radius 2 is 1.08 bits per heavy atom. The quantitative estimate of drug-likeness (QED) is 0.163. The van der Waals surface area contributed by atoms with Crippen molar-refractivity contribution in [2.75, 3.05) is 14.7 Å². The van der Waals surface area contributed by atoms with Crippen molar-refractivity contribution in [2.24, 2.45) is 0 Å². The molecule has 2 aromatic heterocycles. The van der Waals surface area contributed by atoms with Crippen molar-refractivity contribution in [3.05, 3.63) is 174 Å².